The van der Waals surface area contributed by atoms with Gasteiger partial charge in [0.25, 0.3) is 0 Å². The van der Waals surface area contributed by atoms with E-state index in [9.17, 15) is 0 Å². The maximum Gasteiger partial charge on any atom is 0.0963 e. The van der Waals surface area contributed by atoms with Gasteiger partial charge in [0, 0.05) is 11.0 Å². The van der Waals surface area contributed by atoms with E-state index in [-0.39, 0.29) is 12.2 Å². The average Bonchev–Trinajstić information content (AvgIpc) is 2.35. The third kappa shape index (κ3) is 4.78. The quantitative estimate of drug-likeness (QED) is 0.824. The summed E-state index contributed by atoms with van der Waals surface area (Å²) < 4.78 is 7.19. The molecule has 17 heavy (non-hydrogen) atoms. The molecule has 0 fully saturated rings. The maximum absolute atomic E-state index is 6.08. The Hall–Kier alpha value is -0.380. The zero-order valence-electron chi connectivity index (χ0n) is 10.9. The summed E-state index contributed by atoms with van der Waals surface area (Å²) in [6.07, 6.45) is 1.43. The molecule has 0 heterocycles. The van der Waals surface area contributed by atoms with E-state index in [1.807, 2.05) is 6.07 Å². The van der Waals surface area contributed by atoms with Crippen molar-refractivity contribution in [3.63, 3.8) is 0 Å². The van der Waals surface area contributed by atoms with Crippen LogP contribution in [0.4, 0.5) is 0 Å². The van der Waals surface area contributed by atoms with Gasteiger partial charge in [-0.2, -0.15) is 0 Å². The molecule has 0 radical (unpaired) electrons. The lowest BCUT2D eigenvalue weighted by atomic mass is 10.1. The average molecular weight is 300 g/mol. The van der Waals surface area contributed by atoms with Crippen LogP contribution < -0.4 is 5.32 Å². The normalized spacial score (nSPS) is 14.6. The molecular weight excluding hydrogens is 278 g/mol. The van der Waals surface area contributed by atoms with Gasteiger partial charge in [0.05, 0.1) is 12.2 Å². The van der Waals surface area contributed by atoms with Gasteiger partial charge >= 0.3 is 0 Å². The number of hydrogen-bond donors (Lipinski definition) is 1. The van der Waals surface area contributed by atoms with Crippen LogP contribution in [0.25, 0.3) is 0 Å². The molecule has 2 nitrogen and oxygen atoms in total. The van der Waals surface area contributed by atoms with Gasteiger partial charge in [-0.15, -0.1) is 0 Å². The summed E-state index contributed by atoms with van der Waals surface area (Å²) in [5.41, 5.74) is 1.22. The first-order valence-corrected chi connectivity index (χ1v) is 7.08. The summed E-state index contributed by atoms with van der Waals surface area (Å²) in [4.78, 5) is 0. The monoisotopic (exact) mass is 299 g/mol. The fourth-order valence-electron chi connectivity index (χ4n) is 1.62. The molecule has 2 atom stereocenters. The van der Waals surface area contributed by atoms with E-state index in [4.69, 9.17) is 4.74 Å². The molecule has 0 aliphatic rings. The van der Waals surface area contributed by atoms with Crippen LogP contribution in [0.15, 0.2) is 28.7 Å². The van der Waals surface area contributed by atoms with Crippen molar-refractivity contribution in [2.24, 2.45) is 0 Å². The molecule has 1 aromatic rings. The third-order valence-corrected chi connectivity index (χ3v) is 3.53. The Morgan fingerprint density at radius 2 is 2.00 bits per heavy atom. The number of rotatable bonds is 7. The van der Waals surface area contributed by atoms with Crippen LogP contribution in [0.1, 0.15) is 38.9 Å². The minimum atomic E-state index is 0.112. The summed E-state index contributed by atoms with van der Waals surface area (Å²) in [5, 5.41) is 3.36. The Kier molecular flexibility index (Phi) is 6.78. The molecule has 96 valence electrons. The first kappa shape index (κ1) is 14.7. The molecule has 0 bridgehead atoms. The van der Waals surface area contributed by atoms with E-state index in [2.05, 4.69) is 60.2 Å². The lowest BCUT2D eigenvalue weighted by Crippen LogP contribution is -2.25. The standard InChI is InChI=1S/C14H22BrNO/c1-4-11(3)17-14(10-16-5-2)12-8-6-7-9-13(12)15/h6-9,11,14,16H,4-5,10H2,1-3H3. The highest BCUT2D eigenvalue weighted by Crippen LogP contribution is 2.26. The van der Waals surface area contributed by atoms with E-state index in [1.54, 1.807) is 0 Å². The summed E-state index contributed by atoms with van der Waals surface area (Å²) in [5.74, 6) is 0. The van der Waals surface area contributed by atoms with E-state index in [0.717, 1.165) is 24.0 Å². The van der Waals surface area contributed by atoms with Gasteiger partial charge in [-0.1, -0.05) is 48.0 Å². The van der Waals surface area contributed by atoms with Crippen molar-refractivity contribution in [2.75, 3.05) is 13.1 Å². The minimum Gasteiger partial charge on any atom is -0.369 e. The number of halogens is 1. The first-order valence-electron chi connectivity index (χ1n) is 6.29. The topological polar surface area (TPSA) is 21.3 Å². The molecular formula is C14H22BrNO. The summed E-state index contributed by atoms with van der Waals surface area (Å²) in [7, 11) is 0. The van der Waals surface area contributed by atoms with Crippen molar-refractivity contribution in [1.82, 2.24) is 5.32 Å². The van der Waals surface area contributed by atoms with E-state index in [1.165, 1.54) is 5.56 Å². The van der Waals surface area contributed by atoms with Crippen LogP contribution in [0.5, 0.6) is 0 Å². The molecule has 1 aromatic carbocycles. The highest BCUT2D eigenvalue weighted by molar-refractivity contribution is 9.10. The van der Waals surface area contributed by atoms with Crippen molar-refractivity contribution >= 4 is 15.9 Å². The number of benzene rings is 1. The maximum atomic E-state index is 6.08. The lowest BCUT2D eigenvalue weighted by Gasteiger charge is -2.23. The number of hydrogen-bond acceptors (Lipinski definition) is 2. The second kappa shape index (κ2) is 7.85. The zero-order valence-corrected chi connectivity index (χ0v) is 12.5. The van der Waals surface area contributed by atoms with E-state index >= 15 is 0 Å². The predicted molar refractivity (Wildman–Crippen MR) is 76.3 cm³/mol. The van der Waals surface area contributed by atoms with Crippen LogP contribution in [0.2, 0.25) is 0 Å². The molecule has 0 aromatic heterocycles. The fraction of sp³-hybridized carbons (Fsp3) is 0.571. The van der Waals surface area contributed by atoms with E-state index < -0.39 is 0 Å². The third-order valence-electron chi connectivity index (χ3n) is 2.80. The largest absolute Gasteiger partial charge is 0.369 e. The lowest BCUT2D eigenvalue weighted by molar-refractivity contribution is -0.00462. The van der Waals surface area contributed by atoms with Crippen LogP contribution in [-0.2, 0) is 4.74 Å². The van der Waals surface area contributed by atoms with Gasteiger partial charge in [0.1, 0.15) is 0 Å². The molecule has 0 aliphatic carbocycles. The van der Waals surface area contributed by atoms with Crippen LogP contribution in [0.3, 0.4) is 0 Å². The second-order valence-corrected chi connectivity index (χ2v) is 5.03. The zero-order chi connectivity index (χ0) is 12.7. The Morgan fingerprint density at radius 3 is 2.59 bits per heavy atom. The Labute approximate surface area is 113 Å². The van der Waals surface area contributed by atoms with Crippen LogP contribution >= 0.6 is 15.9 Å². The minimum absolute atomic E-state index is 0.112. The van der Waals surface area contributed by atoms with Gasteiger partial charge in [-0.3, -0.25) is 0 Å². The summed E-state index contributed by atoms with van der Waals surface area (Å²) >= 11 is 3.59. The van der Waals surface area contributed by atoms with Gasteiger partial charge in [0.2, 0.25) is 0 Å². The molecule has 3 heteroatoms. The molecule has 0 spiro atoms. The van der Waals surface area contributed by atoms with Gasteiger partial charge < -0.3 is 10.1 Å². The highest BCUT2D eigenvalue weighted by Gasteiger charge is 2.16. The summed E-state index contributed by atoms with van der Waals surface area (Å²) in [6.45, 7) is 8.19. The number of nitrogens with one attached hydrogen (secondary N) is 1. The second-order valence-electron chi connectivity index (χ2n) is 4.17. The first-order chi connectivity index (χ1) is 8.19. The van der Waals surface area contributed by atoms with Crippen molar-refractivity contribution in [2.45, 2.75) is 39.4 Å². The van der Waals surface area contributed by atoms with Gasteiger partial charge in [-0.05, 0) is 31.5 Å². The van der Waals surface area contributed by atoms with Gasteiger partial charge in [-0.25, -0.2) is 0 Å². The smallest absolute Gasteiger partial charge is 0.0963 e. The summed E-state index contributed by atoms with van der Waals surface area (Å²) in [6, 6.07) is 8.27. The number of likely N-dealkylation sites (N-methyl/N-ethyl adjacent to an activating group) is 1. The molecule has 1 N–H and O–H groups in total. The molecule has 0 amide bonds. The predicted octanol–water partition coefficient (Wildman–Crippen LogP) is 3.91. The Morgan fingerprint density at radius 1 is 1.29 bits per heavy atom. The molecule has 2 unspecified atom stereocenters. The van der Waals surface area contributed by atoms with Crippen LogP contribution in [0, 0.1) is 0 Å². The Balaban J connectivity index is 2.78. The van der Waals surface area contributed by atoms with E-state index in [0.29, 0.717) is 0 Å². The van der Waals surface area contributed by atoms with Crippen molar-refractivity contribution in [1.29, 1.82) is 0 Å². The Bertz CT molecular complexity index is 330. The SMILES string of the molecule is CCNCC(OC(C)CC)c1ccccc1Br. The van der Waals surface area contributed by atoms with Gasteiger partial charge in [0.15, 0.2) is 0 Å². The number of ether oxygens (including phenoxy) is 1. The van der Waals surface area contributed by atoms with Crippen molar-refractivity contribution in [3.8, 4) is 0 Å². The fourth-order valence-corrected chi connectivity index (χ4v) is 2.16. The molecule has 0 aliphatic heterocycles. The van der Waals surface area contributed by atoms with Crippen LogP contribution in [-0.4, -0.2) is 19.2 Å². The molecule has 0 saturated heterocycles. The van der Waals surface area contributed by atoms with Crippen molar-refractivity contribution < 1.29 is 4.74 Å². The molecule has 1 rings (SSSR count). The highest BCUT2D eigenvalue weighted by atomic mass is 79.9. The molecule has 0 saturated carbocycles. The van der Waals surface area contributed by atoms with Crippen molar-refractivity contribution in [3.05, 3.63) is 34.3 Å².